The Morgan fingerprint density at radius 1 is 1.29 bits per heavy atom. The Kier molecular flexibility index (Phi) is 9.58. The first-order valence-corrected chi connectivity index (χ1v) is 8.35. The van der Waals surface area contributed by atoms with Crippen molar-refractivity contribution in [2.45, 2.75) is 51.8 Å². The molecule has 1 fully saturated rings. The maximum Gasteiger partial charge on any atom is 0.191 e. The summed E-state index contributed by atoms with van der Waals surface area (Å²) in [6.45, 7) is 3.21. The minimum Gasteiger partial charge on any atom is -0.380 e. The maximum atomic E-state index is 13.6. The lowest BCUT2D eigenvalue weighted by Gasteiger charge is -2.28. The molecule has 0 heterocycles. The second-order valence-corrected chi connectivity index (χ2v) is 6.39. The van der Waals surface area contributed by atoms with E-state index in [9.17, 15) is 4.39 Å². The number of ether oxygens (including phenoxy) is 1. The SMILES string of the molecule is CN=C(NCc1ccc(F)c(COC)c1)NC1CCC(C)CC1.I. The Morgan fingerprint density at radius 3 is 2.62 bits per heavy atom. The van der Waals surface area contributed by atoms with Crippen LogP contribution in [0.1, 0.15) is 43.7 Å². The van der Waals surface area contributed by atoms with Gasteiger partial charge in [-0.25, -0.2) is 4.39 Å². The van der Waals surface area contributed by atoms with Gasteiger partial charge in [-0.1, -0.05) is 13.0 Å². The van der Waals surface area contributed by atoms with E-state index in [2.05, 4.69) is 22.5 Å². The van der Waals surface area contributed by atoms with E-state index in [1.165, 1.54) is 31.7 Å². The molecule has 136 valence electrons. The Bertz CT molecular complexity index is 531. The minimum absolute atomic E-state index is 0. The Hall–Kier alpha value is -0.890. The monoisotopic (exact) mass is 449 g/mol. The van der Waals surface area contributed by atoms with E-state index in [0.29, 0.717) is 18.2 Å². The number of benzene rings is 1. The molecular formula is C18H29FIN3O. The van der Waals surface area contributed by atoms with Crippen molar-refractivity contribution in [1.29, 1.82) is 0 Å². The van der Waals surface area contributed by atoms with Crippen molar-refractivity contribution in [2.24, 2.45) is 10.9 Å². The van der Waals surface area contributed by atoms with Crippen LogP contribution in [0.25, 0.3) is 0 Å². The number of guanidine groups is 1. The van der Waals surface area contributed by atoms with Gasteiger partial charge in [-0.2, -0.15) is 0 Å². The molecule has 2 rings (SSSR count). The third-order valence-electron chi connectivity index (χ3n) is 4.45. The van der Waals surface area contributed by atoms with Gasteiger partial charge < -0.3 is 15.4 Å². The lowest BCUT2D eigenvalue weighted by atomic mass is 9.87. The van der Waals surface area contributed by atoms with E-state index >= 15 is 0 Å². The highest BCUT2D eigenvalue weighted by Gasteiger charge is 2.18. The van der Waals surface area contributed by atoms with Crippen molar-refractivity contribution in [1.82, 2.24) is 10.6 Å². The van der Waals surface area contributed by atoms with Crippen LogP contribution in [0.3, 0.4) is 0 Å². The van der Waals surface area contributed by atoms with Crippen LogP contribution in [0.4, 0.5) is 4.39 Å². The van der Waals surface area contributed by atoms with Gasteiger partial charge in [-0.3, -0.25) is 4.99 Å². The largest absolute Gasteiger partial charge is 0.380 e. The Morgan fingerprint density at radius 2 is 2.00 bits per heavy atom. The lowest BCUT2D eigenvalue weighted by Crippen LogP contribution is -2.44. The second kappa shape index (κ2) is 10.9. The third-order valence-corrected chi connectivity index (χ3v) is 4.45. The van der Waals surface area contributed by atoms with Gasteiger partial charge in [-0.05, 0) is 49.3 Å². The number of methoxy groups -OCH3 is 1. The summed E-state index contributed by atoms with van der Waals surface area (Å²) in [7, 11) is 3.35. The van der Waals surface area contributed by atoms with Gasteiger partial charge in [-0.15, -0.1) is 24.0 Å². The minimum atomic E-state index is -0.227. The van der Waals surface area contributed by atoms with Crippen molar-refractivity contribution >= 4 is 29.9 Å². The van der Waals surface area contributed by atoms with E-state index in [0.717, 1.165) is 17.4 Å². The average molecular weight is 449 g/mol. The molecule has 1 aromatic carbocycles. The number of hydrogen-bond donors (Lipinski definition) is 2. The number of nitrogens with zero attached hydrogens (tertiary/aromatic N) is 1. The van der Waals surface area contributed by atoms with Crippen molar-refractivity contribution in [3.63, 3.8) is 0 Å². The van der Waals surface area contributed by atoms with E-state index in [4.69, 9.17) is 4.74 Å². The Balaban J connectivity index is 0.00000288. The molecule has 0 aromatic heterocycles. The first-order chi connectivity index (χ1) is 11.1. The van der Waals surface area contributed by atoms with Gasteiger partial charge in [0.2, 0.25) is 0 Å². The van der Waals surface area contributed by atoms with Gasteiger partial charge in [0.25, 0.3) is 0 Å². The summed E-state index contributed by atoms with van der Waals surface area (Å²) in [6.07, 6.45) is 4.92. The molecule has 0 atom stereocenters. The van der Waals surface area contributed by atoms with E-state index in [1.54, 1.807) is 20.2 Å². The zero-order valence-electron chi connectivity index (χ0n) is 14.8. The zero-order valence-corrected chi connectivity index (χ0v) is 17.1. The predicted octanol–water partition coefficient (Wildman–Crippen LogP) is 3.83. The number of halogens is 2. The normalized spacial score (nSPS) is 21.1. The summed E-state index contributed by atoms with van der Waals surface area (Å²) >= 11 is 0. The van der Waals surface area contributed by atoms with Crippen LogP contribution in [0.5, 0.6) is 0 Å². The standard InChI is InChI=1S/C18H28FN3O.HI/c1-13-4-7-16(8-5-13)22-18(20-2)21-11-14-6-9-17(19)15(10-14)12-23-3;/h6,9-10,13,16H,4-5,7-8,11-12H2,1-3H3,(H2,20,21,22);1H. The quantitative estimate of drug-likeness (QED) is 0.408. The predicted molar refractivity (Wildman–Crippen MR) is 107 cm³/mol. The molecule has 1 aliphatic carbocycles. The average Bonchev–Trinajstić information content (AvgIpc) is 2.56. The molecule has 0 radical (unpaired) electrons. The molecule has 0 spiro atoms. The topological polar surface area (TPSA) is 45.7 Å². The van der Waals surface area contributed by atoms with Crippen molar-refractivity contribution < 1.29 is 9.13 Å². The van der Waals surface area contributed by atoms with Gasteiger partial charge in [0.05, 0.1) is 6.61 Å². The molecule has 0 amide bonds. The van der Waals surface area contributed by atoms with Crippen LogP contribution in [0.2, 0.25) is 0 Å². The lowest BCUT2D eigenvalue weighted by molar-refractivity contribution is 0.181. The molecule has 6 heteroatoms. The molecule has 4 nitrogen and oxygen atoms in total. The summed E-state index contributed by atoms with van der Waals surface area (Å²) in [5.74, 6) is 1.41. The summed E-state index contributed by atoms with van der Waals surface area (Å²) in [5, 5.41) is 6.80. The fraction of sp³-hybridized carbons (Fsp3) is 0.611. The number of nitrogens with one attached hydrogen (secondary N) is 2. The molecule has 2 N–H and O–H groups in total. The molecule has 24 heavy (non-hydrogen) atoms. The van der Waals surface area contributed by atoms with Crippen LogP contribution < -0.4 is 10.6 Å². The van der Waals surface area contributed by atoms with Gasteiger partial charge in [0.15, 0.2) is 5.96 Å². The van der Waals surface area contributed by atoms with E-state index in [1.807, 2.05) is 6.07 Å². The fourth-order valence-corrected chi connectivity index (χ4v) is 2.98. The highest BCUT2D eigenvalue weighted by Crippen LogP contribution is 2.23. The molecule has 0 saturated heterocycles. The number of rotatable bonds is 5. The van der Waals surface area contributed by atoms with Gasteiger partial charge >= 0.3 is 0 Å². The molecule has 1 aliphatic rings. The van der Waals surface area contributed by atoms with Crippen molar-refractivity contribution in [2.75, 3.05) is 14.2 Å². The Labute approximate surface area is 161 Å². The number of aliphatic imine (C=N–C) groups is 1. The molecule has 0 aliphatic heterocycles. The molecule has 0 bridgehead atoms. The van der Waals surface area contributed by atoms with Crippen LogP contribution in [0.15, 0.2) is 23.2 Å². The first kappa shape index (κ1) is 21.2. The molecule has 1 aromatic rings. The third kappa shape index (κ3) is 6.55. The zero-order chi connectivity index (χ0) is 16.7. The highest BCUT2D eigenvalue weighted by molar-refractivity contribution is 14.0. The summed E-state index contributed by atoms with van der Waals surface area (Å²) in [4.78, 5) is 4.29. The second-order valence-electron chi connectivity index (χ2n) is 6.39. The smallest absolute Gasteiger partial charge is 0.191 e. The van der Waals surface area contributed by atoms with Gasteiger partial charge in [0.1, 0.15) is 5.82 Å². The van der Waals surface area contributed by atoms with Crippen LogP contribution in [-0.2, 0) is 17.9 Å². The maximum absolute atomic E-state index is 13.6. The first-order valence-electron chi connectivity index (χ1n) is 8.35. The molecule has 1 saturated carbocycles. The number of hydrogen-bond acceptors (Lipinski definition) is 2. The van der Waals surface area contributed by atoms with Gasteiger partial charge in [0, 0.05) is 32.3 Å². The highest BCUT2D eigenvalue weighted by atomic mass is 127. The molecule has 0 unspecified atom stereocenters. The molecular weight excluding hydrogens is 420 g/mol. The van der Waals surface area contributed by atoms with Crippen LogP contribution in [-0.4, -0.2) is 26.2 Å². The summed E-state index contributed by atoms with van der Waals surface area (Å²) < 4.78 is 18.6. The van der Waals surface area contributed by atoms with E-state index in [-0.39, 0.29) is 36.4 Å². The van der Waals surface area contributed by atoms with Crippen molar-refractivity contribution in [3.05, 3.63) is 35.1 Å². The summed E-state index contributed by atoms with van der Waals surface area (Å²) in [6, 6.07) is 5.61. The van der Waals surface area contributed by atoms with Crippen molar-refractivity contribution in [3.8, 4) is 0 Å². The summed E-state index contributed by atoms with van der Waals surface area (Å²) in [5.41, 5.74) is 1.59. The van der Waals surface area contributed by atoms with E-state index < -0.39 is 0 Å². The van der Waals surface area contributed by atoms with Crippen LogP contribution >= 0.6 is 24.0 Å². The van der Waals surface area contributed by atoms with Crippen LogP contribution in [0, 0.1) is 11.7 Å². The fourth-order valence-electron chi connectivity index (χ4n) is 2.98.